The summed E-state index contributed by atoms with van der Waals surface area (Å²) in [6, 6.07) is 4.42. The predicted octanol–water partition coefficient (Wildman–Crippen LogP) is 3.10. The van der Waals surface area contributed by atoms with E-state index in [1.165, 1.54) is 18.6 Å². The molecule has 1 atom stereocenters. The lowest BCUT2D eigenvalue weighted by Gasteiger charge is -2.22. The van der Waals surface area contributed by atoms with Gasteiger partial charge in [-0.25, -0.2) is 4.39 Å². The van der Waals surface area contributed by atoms with E-state index in [2.05, 4.69) is 5.32 Å². The second kappa shape index (κ2) is 7.60. The van der Waals surface area contributed by atoms with Crippen LogP contribution in [0.5, 0.6) is 0 Å². The third kappa shape index (κ3) is 4.46. The molecule has 1 N–H and O–H groups in total. The van der Waals surface area contributed by atoms with E-state index in [0.717, 1.165) is 25.9 Å². The molecule has 0 aliphatic carbocycles. The minimum Gasteiger partial charge on any atom is -0.378 e. The molecule has 2 rings (SSSR count). The van der Waals surface area contributed by atoms with Crippen molar-refractivity contribution in [1.29, 1.82) is 0 Å². The number of benzene rings is 1. The first-order valence-corrected chi connectivity index (χ1v) is 7.36. The van der Waals surface area contributed by atoms with Gasteiger partial charge < -0.3 is 10.1 Å². The molecule has 110 valence electrons. The number of carbonyl (C=O) groups is 1. The summed E-state index contributed by atoms with van der Waals surface area (Å²) in [6.07, 6.45) is 4.36. The molecule has 20 heavy (non-hydrogen) atoms. The van der Waals surface area contributed by atoms with Crippen molar-refractivity contribution in [2.24, 2.45) is 0 Å². The van der Waals surface area contributed by atoms with Crippen molar-refractivity contribution in [2.75, 3.05) is 13.2 Å². The molecular formula is C15H19ClFNO2. The normalized spacial score (nSPS) is 18.8. The highest BCUT2D eigenvalue weighted by atomic mass is 35.5. The highest BCUT2D eigenvalue weighted by Gasteiger charge is 2.15. The maximum atomic E-state index is 13.5. The minimum absolute atomic E-state index is 0.0307. The van der Waals surface area contributed by atoms with Crippen LogP contribution in [0.3, 0.4) is 0 Å². The zero-order valence-corrected chi connectivity index (χ0v) is 12.1. The number of hydrogen-bond acceptors (Lipinski definition) is 2. The first kappa shape index (κ1) is 15.3. The third-order valence-electron chi connectivity index (χ3n) is 3.46. The molecule has 0 saturated carbocycles. The summed E-state index contributed by atoms with van der Waals surface area (Å²) >= 11 is 5.89. The van der Waals surface area contributed by atoms with E-state index in [-0.39, 0.29) is 29.0 Å². The van der Waals surface area contributed by atoms with Crippen LogP contribution in [-0.4, -0.2) is 25.2 Å². The second-order valence-electron chi connectivity index (χ2n) is 5.00. The summed E-state index contributed by atoms with van der Waals surface area (Å²) in [4.78, 5) is 11.8. The van der Waals surface area contributed by atoms with E-state index in [1.807, 2.05) is 0 Å². The van der Waals surface area contributed by atoms with Crippen LogP contribution in [0.4, 0.5) is 4.39 Å². The van der Waals surface area contributed by atoms with Gasteiger partial charge in [-0.3, -0.25) is 4.79 Å². The highest BCUT2D eigenvalue weighted by Crippen LogP contribution is 2.19. The molecule has 5 heteroatoms. The third-order valence-corrected chi connectivity index (χ3v) is 3.82. The Morgan fingerprint density at radius 3 is 3.00 bits per heavy atom. The first-order chi connectivity index (χ1) is 9.66. The zero-order valence-electron chi connectivity index (χ0n) is 11.3. The summed E-state index contributed by atoms with van der Waals surface area (Å²) in [6.45, 7) is 1.36. The lowest BCUT2D eigenvalue weighted by atomic mass is 10.1. The van der Waals surface area contributed by atoms with Gasteiger partial charge in [0.1, 0.15) is 5.82 Å². The number of amides is 1. The Morgan fingerprint density at radius 1 is 1.45 bits per heavy atom. The van der Waals surface area contributed by atoms with Crippen molar-refractivity contribution in [3.8, 4) is 0 Å². The van der Waals surface area contributed by atoms with Gasteiger partial charge in [-0.15, -0.1) is 0 Å². The predicted molar refractivity (Wildman–Crippen MR) is 76.3 cm³/mol. The van der Waals surface area contributed by atoms with Gasteiger partial charge in [-0.05, 0) is 37.8 Å². The number of rotatable bonds is 5. The van der Waals surface area contributed by atoms with E-state index in [1.54, 1.807) is 6.07 Å². The quantitative estimate of drug-likeness (QED) is 0.907. The Hall–Kier alpha value is -1.13. The number of ether oxygens (including phenoxy) is 1. The Bertz CT molecular complexity index is 441. The van der Waals surface area contributed by atoms with Crippen LogP contribution < -0.4 is 5.32 Å². The maximum Gasteiger partial charge on any atom is 0.224 e. The molecule has 1 saturated heterocycles. The van der Waals surface area contributed by atoms with Crippen LogP contribution in [-0.2, 0) is 16.0 Å². The van der Waals surface area contributed by atoms with Gasteiger partial charge in [-0.2, -0.15) is 0 Å². The molecule has 0 unspecified atom stereocenters. The molecule has 1 aromatic rings. The van der Waals surface area contributed by atoms with Crippen LogP contribution in [0, 0.1) is 5.82 Å². The Kier molecular flexibility index (Phi) is 5.80. The van der Waals surface area contributed by atoms with Crippen molar-refractivity contribution >= 4 is 17.5 Å². The molecule has 1 amide bonds. The largest absolute Gasteiger partial charge is 0.378 e. The fourth-order valence-corrected chi connectivity index (χ4v) is 2.56. The molecular weight excluding hydrogens is 281 g/mol. The van der Waals surface area contributed by atoms with Gasteiger partial charge in [0, 0.05) is 23.7 Å². The SMILES string of the molecule is O=C(Cc1c(F)cccc1Cl)NCC[C@@H]1CCCCO1. The average molecular weight is 300 g/mol. The molecule has 1 aromatic carbocycles. The smallest absolute Gasteiger partial charge is 0.224 e. The van der Waals surface area contributed by atoms with Crippen molar-refractivity contribution < 1.29 is 13.9 Å². The number of carbonyl (C=O) groups excluding carboxylic acids is 1. The highest BCUT2D eigenvalue weighted by molar-refractivity contribution is 6.31. The first-order valence-electron chi connectivity index (χ1n) is 6.98. The summed E-state index contributed by atoms with van der Waals surface area (Å²) in [5.41, 5.74) is 0.251. The molecule has 0 bridgehead atoms. The maximum absolute atomic E-state index is 13.5. The fourth-order valence-electron chi connectivity index (χ4n) is 2.33. The summed E-state index contributed by atoms with van der Waals surface area (Å²) < 4.78 is 19.1. The molecule has 1 heterocycles. The standard InChI is InChI=1S/C15H19ClFNO2/c16-13-5-3-6-14(17)12(13)10-15(19)18-8-7-11-4-1-2-9-20-11/h3,5-6,11H,1-2,4,7-10H2,(H,18,19)/t11-/m0/s1. The van der Waals surface area contributed by atoms with E-state index >= 15 is 0 Å². The lowest BCUT2D eigenvalue weighted by Crippen LogP contribution is -2.30. The van der Waals surface area contributed by atoms with E-state index < -0.39 is 5.82 Å². The Morgan fingerprint density at radius 2 is 2.30 bits per heavy atom. The molecule has 1 fully saturated rings. The van der Waals surface area contributed by atoms with Crippen molar-refractivity contribution in [3.63, 3.8) is 0 Å². The van der Waals surface area contributed by atoms with Gasteiger partial charge in [0.05, 0.1) is 12.5 Å². The van der Waals surface area contributed by atoms with Gasteiger partial charge in [0.25, 0.3) is 0 Å². The fraction of sp³-hybridized carbons (Fsp3) is 0.533. The molecule has 1 aliphatic rings. The average Bonchev–Trinajstić information content (AvgIpc) is 2.44. The number of hydrogen-bond donors (Lipinski definition) is 1. The van der Waals surface area contributed by atoms with Crippen molar-refractivity contribution in [3.05, 3.63) is 34.6 Å². The van der Waals surface area contributed by atoms with E-state index in [9.17, 15) is 9.18 Å². The summed E-state index contributed by atoms with van der Waals surface area (Å²) in [7, 11) is 0. The van der Waals surface area contributed by atoms with Crippen LogP contribution in [0.25, 0.3) is 0 Å². The molecule has 0 radical (unpaired) electrons. The van der Waals surface area contributed by atoms with E-state index in [0.29, 0.717) is 6.54 Å². The Balaban J connectivity index is 1.75. The molecule has 3 nitrogen and oxygen atoms in total. The lowest BCUT2D eigenvalue weighted by molar-refractivity contribution is -0.120. The van der Waals surface area contributed by atoms with Gasteiger partial charge in [0.15, 0.2) is 0 Å². The van der Waals surface area contributed by atoms with Crippen LogP contribution in [0.2, 0.25) is 5.02 Å². The van der Waals surface area contributed by atoms with Gasteiger partial charge in [-0.1, -0.05) is 17.7 Å². The monoisotopic (exact) mass is 299 g/mol. The second-order valence-corrected chi connectivity index (χ2v) is 5.41. The Labute approximate surface area is 123 Å². The number of halogens is 2. The van der Waals surface area contributed by atoms with Gasteiger partial charge in [0.2, 0.25) is 5.91 Å². The van der Waals surface area contributed by atoms with Crippen molar-refractivity contribution in [1.82, 2.24) is 5.32 Å². The molecule has 0 spiro atoms. The molecule has 1 aliphatic heterocycles. The topological polar surface area (TPSA) is 38.3 Å². The van der Waals surface area contributed by atoms with Crippen molar-refractivity contribution in [2.45, 2.75) is 38.2 Å². The van der Waals surface area contributed by atoms with Crippen LogP contribution in [0.1, 0.15) is 31.2 Å². The zero-order chi connectivity index (χ0) is 14.4. The minimum atomic E-state index is -0.441. The number of nitrogens with one attached hydrogen (secondary N) is 1. The van der Waals surface area contributed by atoms with Crippen LogP contribution >= 0.6 is 11.6 Å². The van der Waals surface area contributed by atoms with E-state index in [4.69, 9.17) is 16.3 Å². The summed E-state index contributed by atoms with van der Waals surface area (Å²) in [5, 5.41) is 3.08. The van der Waals surface area contributed by atoms with Crippen LogP contribution in [0.15, 0.2) is 18.2 Å². The van der Waals surface area contributed by atoms with Gasteiger partial charge >= 0.3 is 0 Å². The molecule has 0 aromatic heterocycles. The summed E-state index contributed by atoms with van der Waals surface area (Å²) in [5.74, 6) is -0.656.